The van der Waals surface area contributed by atoms with Gasteiger partial charge in [-0.1, -0.05) is 20.3 Å². The number of carbonyl (C=O) groups excluding carboxylic acids is 1. The molecule has 0 aliphatic heterocycles. The Morgan fingerprint density at radius 2 is 2.38 bits per heavy atom. The normalized spacial score (nSPS) is 23.3. The van der Waals surface area contributed by atoms with E-state index in [-0.39, 0.29) is 11.3 Å². The third-order valence-electron chi connectivity index (χ3n) is 3.45. The van der Waals surface area contributed by atoms with Gasteiger partial charge in [0.1, 0.15) is 5.69 Å². The van der Waals surface area contributed by atoms with E-state index in [9.17, 15) is 4.79 Å². The van der Waals surface area contributed by atoms with E-state index >= 15 is 0 Å². The Labute approximate surface area is 104 Å². The molecule has 1 fully saturated rings. The predicted octanol–water partition coefficient (Wildman–Crippen LogP) is 3.09. The fraction of sp³-hybridized carbons (Fsp3) is 0.583. The minimum atomic E-state index is -0.00863. The Morgan fingerprint density at radius 3 is 2.88 bits per heavy atom. The zero-order valence-corrected chi connectivity index (χ0v) is 11.2. The maximum Gasteiger partial charge on any atom is 0.267 e. The van der Waals surface area contributed by atoms with Gasteiger partial charge in [0.05, 0.1) is 0 Å². The molecule has 1 heterocycles. The number of aromatic nitrogens is 1. The lowest BCUT2D eigenvalue weighted by molar-refractivity contribution is 0.0905. The zero-order valence-electron chi connectivity index (χ0n) is 9.64. The molecule has 2 N–H and O–H groups in total. The largest absolute Gasteiger partial charge is 0.356 e. The van der Waals surface area contributed by atoms with Crippen molar-refractivity contribution in [1.29, 1.82) is 0 Å². The summed E-state index contributed by atoms with van der Waals surface area (Å²) in [5.41, 5.74) is 0.842. The molecule has 1 saturated carbocycles. The van der Waals surface area contributed by atoms with Crippen LogP contribution < -0.4 is 5.32 Å². The van der Waals surface area contributed by atoms with E-state index in [2.05, 4.69) is 40.1 Å². The van der Waals surface area contributed by atoms with Crippen molar-refractivity contribution < 1.29 is 4.79 Å². The topological polar surface area (TPSA) is 44.9 Å². The number of hydrogen-bond donors (Lipinski definition) is 2. The van der Waals surface area contributed by atoms with Crippen LogP contribution in [0.5, 0.6) is 0 Å². The van der Waals surface area contributed by atoms with Crippen molar-refractivity contribution in [2.45, 2.75) is 39.2 Å². The Hall–Kier alpha value is -0.770. The van der Waals surface area contributed by atoms with Gasteiger partial charge in [0.2, 0.25) is 0 Å². The van der Waals surface area contributed by atoms with Gasteiger partial charge in [-0.25, -0.2) is 0 Å². The van der Waals surface area contributed by atoms with Crippen LogP contribution in [0.4, 0.5) is 0 Å². The molecule has 1 amide bonds. The first-order chi connectivity index (χ1) is 7.49. The second-order valence-electron chi connectivity index (χ2n) is 5.14. The van der Waals surface area contributed by atoms with Crippen molar-refractivity contribution in [2.24, 2.45) is 5.41 Å². The average molecular weight is 285 g/mol. The molecule has 1 aliphatic rings. The molecule has 0 saturated heterocycles. The van der Waals surface area contributed by atoms with Crippen molar-refractivity contribution in [3.05, 3.63) is 22.4 Å². The fourth-order valence-corrected chi connectivity index (χ4v) is 2.67. The van der Waals surface area contributed by atoms with Crippen LogP contribution in [-0.2, 0) is 0 Å². The molecule has 0 spiro atoms. The average Bonchev–Trinajstić information content (AvgIpc) is 2.74. The third kappa shape index (κ3) is 2.32. The summed E-state index contributed by atoms with van der Waals surface area (Å²) in [6, 6.07) is 2.10. The molecule has 0 bridgehead atoms. The second kappa shape index (κ2) is 4.24. The van der Waals surface area contributed by atoms with Gasteiger partial charge in [-0.2, -0.15) is 0 Å². The van der Waals surface area contributed by atoms with E-state index in [1.54, 1.807) is 12.3 Å². The molecule has 88 valence electrons. The first-order valence-corrected chi connectivity index (χ1v) is 6.43. The Kier molecular flexibility index (Phi) is 3.10. The minimum Gasteiger partial charge on any atom is -0.356 e. The molecule has 1 aromatic rings. The highest BCUT2D eigenvalue weighted by atomic mass is 79.9. The molecule has 2 rings (SSSR count). The van der Waals surface area contributed by atoms with Crippen molar-refractivity contribution in [3.63, 3.8) is 0 Å². The predicted molar refractivity (Wildman–Crippen MR) is 67.4 cm³/mol. The van der Waals surface area contributed by atoms with Crippen molar-refractivity contribution in [3.8, 4) is 0 Å². The second-order valence-corrected chi connectivity index (χ2v) is 6.05. The summed E-state index contributed by atoms with van der Waals surface area (Å²) in [5.74, 6) is -0.00863. The van der Waals surface area contributed by atoms with Gasteiger partial charge in [0.25, 0.3) is 5.91 Å². The van der Waals surface area contributed by atoms with E-state index in [1.807, 2.05) is 0 Å². The highest BCUT2D eigenvalue weighted by molar-refractivity contribution is 9.10. The van der Waals surface area contributed by atoms with Gasteiger partial charge in [-0.3, -0.25) is 4.79 Å². The van der Waals surface area contributed by atoms with Gasteiger partial charge in [0, 0.05) is 16.7 Å². The van der Waals surface area contributed by atoms with Crippen LogP contribution in [0.2, 0.25) is 0 Å². The molecule has 16 heavy (non-hydrogen) atoms. The summed E-state index contributed by atoms with van der Waals surface area (Å²) in [4.78, 5) is 14.9. The maximum atomic E-state index is 11.9. The van der Waals surface area contributed by atoms with Crippen LogP contribution in [0, 0.1) is 5.41 Å². The van der Waals surface area contributed by atoms with Gasteiger partial charge in [0.15, 0.2) is 0 Å². The first-order valence-electron chi connectivity index (χ1n) is 5.64. The lowest BCUT2D eigenvalue weighted by atomic mass is 9.87. The first kappa shape index (κ1) is 11.7. The summed E-state index contributed by atoms with van der Waals surface area (Å²) < 4.78 is 0.906. The Balaban J connectivity index is 2.03. The van der Waals surface area contributed by atoms with Gasteiger partial charge < -0.3 is 10.3 Å². The highest BCUT2D eigenvalue weighted by Gasteiger charge is 2.35. The summed E-state index contributed by atoms with van der Waals surface area (Å²) in [5, 5.41) is 3.11. The summed E-state index contributed by atoms with van der Waals surface area (Å²) in [6.45, 7) is 4.44. The number of aromatic amines is 1. The van der Waals surface area contributed by atoms with Crippen LogP contribution >= 0.6 is 15.9 Å². The summed E-state index contributed by atoms with van der Waals surface area (Å²) in [7, 11) is 0. The van der Waals surface area contributed by atoms with Crippen molar-refractivity contribution in [2.75, 3.05) is 0 Å². The van der Waals surface area contributed by atoms with Crippen LogP contribution in [0.25, 0.3) is 0 Å². The van der Waals surface area contributed by atoms with E-state index < -0.39 is 0 Å². The SMILES string of the molecule is CC1(C)CCCC1NC(=O)c1cc(Br)c[nH]1. The smallest absolute Gasteiger partial charge is 0.267 e. The number of halogens is 1. The number of amides is 1. The van der Waals surface area contributed by atoms with E-state index in [0.29, 0.717) is 11.7 Å². The molecule has 0 radical (unpaired) electrons. The molecule has 1 aliphatic carbocycles. The van der Waals surface area contributed by atoms with Crippen LogP contribution in [0.15, 0.2) is 16.7 Å². The molecule has 4 heteroatoms. The Morgan fingerprint density at radius 1 is 1.62 bits per heavy atom. The molecule has 3 nitrogen and oxygen atoms in total. The molecule has 1 aromatic heterocycles. The number of H-pyrrole nitrogens is 1. The summed E-state index contributed by atoms with van der Waals surface area (Å²) in [6.07, 6.45) is 5.24. The van der Waals surface area contributed by atoms with Gasteiger partial charge >= 0.3 is 0 Å². The lowest BCUT2D eigenvalue weighted by Gasteiger charge is -2.27. The molecular formula is C12H17BrN2O. The van der Waals surface area contributed by atoms with Crippen molar-refractivity contribution >= 4 is 21.8 Å². The third-order valence-corrected chi connectivity index (χ3v) is 3.91. The van der Waals surface area contributed by atoms with E-state index in [1.165, 1.54) is 12.8 Å². The quantitative estimate of drug-likeness (QED) is 0.861. The van der Waals surface area contributed by atoms with Crippen LogP contribution in [-0.4, -0.2) is 16.9 Å². The number of nitrogens with one attached hydrogen (secondary N) is 2. The standard InChI is InChI=1S/C12H17BrN2O/c1-12(2)5-3-4-10(12)15-11(16)9-6-8(13)7-14-9/h6-7,10,14H,3-5H2,1-2H3,(H,15,16). The van der Waals surface area contributed by atoms with Crippen LogP contribution in [0.3, 0.4) is 0 Å². The lowest BCUT2D eigenvalue weighted by Crippen LogP contribution is -2.41. The van der Waals surface area contributed by atoms with Crippen LogP contribution in [0.1, 0.15) is 43.6 Å². The van der Waals surface area contributed by atoms with Crippen molar-refractivity contribution in [1.82, 2.24) is 10.3 Å². The molecule has 1 atom stereocenters. The molecule has 0 aromatic carbocycles. The molecular weight excluding hydrogens is 268 g/mol. The van der Waals surface area contributed by atoms with Gasteiger partial charge in [-0.05, 0) is 40.3 Å². The monoisotopic (exact) mass is 284 g/mol. The highest BCUT2D eigenvalue weighted by Crippen LogP contribution is 2.37. The Bertz CT molecular complexity index is 397. The van der Waals surface area contributed by atoms with Gasteiger partial charge in [-0.15, -0.1) is 0 Å². The molecule has 1 unspecified atom stereocenters. The van der Waals surface area contributed by atoms with E-state index in [4.69, 9.17) is 0 Å². The number of rotatable bonds is 2. The number of hydrogen-bond acceptors (Lipinski definition) is 1. The minimum absolute atomic E-state index is 0.00863. The summed E-state index contributed by atoms with van der Waals surface area (Å²) >= 11 is 3.32. The zero-order chi connectivity index (χ0) is 11.8. The van der Waals surface area contributed by atoms with E-state index in [0.717, 1.165) is 10.9 Å². The fourth-order valence-electron chi connectivity index (χ4n) is 2.33. The maximum absolute atomic E-state index is 11.9. The number of carbonyl (C=O) groups is 1.